The van der Waals surface area contributed by atoms with Gasteiger partial charge in [-0.1, -0.05) is 0 Å². The van der Waals surface area contributed by atoms with Crippen molar-refractivity contribution in [3.63, 3.8) is 0 Å². The van der Waals surface area contributed by atoms with E-state index in [0.29, 0.717) is 12.6 Å². The summed E-state index contributed by atoms with van der Waals surface area (Å²) in [5.74, 6) is 0. The first-order chi connectivity index (χ1) is 9.19. The molecule has 6 heteroatoms. The molecule has 0 atom stereocenters. The number of likely N-dealkylation sites (tertiary alicyclic amines) is 1. The second-order valence-corrected chi connectivity index (χ2v) is 4.75. The van der Waals surface area contributed by atoms with Crippen LogP contribution in [0.25, 0.3) is 0 Å². The molecule has 0 spiro atoms. The van der Waals surface area contributed by atoms with E-state index in [-0.39, 0.29) is 12.4 Å². The lowest BCUT2D eigenvalue weighted by Gasteiger charge is -2.32. The molecule has 1 aromatic rings. The van der Waals surface area contributed by atoms with Crippen LogP contribution >= 0.6 is 0 Å². The Morgan fingerprint density at radius 3 is 2.47 bits per heavy atom. The summed E-state index contributed by atoms with van der Waals surface area (Å²) in [6.45, 7) is 2.02. The number of nitro groups is 1. The Labute approximate surface area is 111 Å². The van der Waals surface area contributed by atoms with Gasteiger partial charge in [0.2, 0.25) is 0 Å². The Balaban J connectivity index is 1.83. The van der Waals surface area contributed by atoms with Gasteiger partial charge >= 0.3 is 0 Å². The lowest BCUT2D eigenvalue weighted by Crippen LogP contribution is -2.39. The monoisotopic (exact) mass is 267 g/mol. The van der Waals surface area contributed by atoms with E-state index >= 15 is 0 Å². The van der Waals surface area contributed by atoms with E-state index in [2.05, 4.69) is 10.2 Å². The summed E-state index contributed by atoms with van der Waals surface area (Å²) in [4.78, 5) is 12.3. The van der Waals surface area contributed by atoms with Gasteiger partial charge in [0.1, 0.15) is 6.67 Å². The van der Waals surface area contributed by atoms with E-state index in [1.807, 2.05) is 0 Å². The van der Waals surface area contributed by atoms with Gasteiger partial charge in [-0.05, 0) is 25.0 Å². The summed E-state index contributed by atoms with van der Waals surface area (Å²) in [5, 5.41) is 13.9. The molecule has 5 nitrogen and oxygen atoms in total. The third-order valence-corrected chi connectivity index (χ3v) is 3.44. The van der Waals surface area contributed by atoms with Crippen LogP contribution in [0.4, 0.5) is 15.8 Å². The fraction of sp³-hybridized carbons (Fsp3) is 0.538. The molecule has 1 aliphatic rings. The van der Waals surface area contributed by atoms with Gasteiger partial charge in [0.05, 0.1) is 4.92 Å². The SMILES string of the molecule is O=[N+]([O-])c1ccc(NC2CCN(CCF)CC2)cc1. The largest absolute Gasteiger partial charge is 0.382 e. The summed E-state index contributed by atoms with van der Waals surface area (Å²) in [5.41, 5.74) is 0.998. The number of alkyl halides is 1. The summed E-state index contributed by atoms with van der Waals surface area (Å²) >= 11 is 0. The zero-order chi connectivity index (χ0) is 13.7. The molecular formula is C13H18FN3O2. The van der Waals surface area contributed by atoms with Crippen molar-refractivity contribution in [2.45, 2.75) is 18.9 Å². The molecule has 2 rings (SSSR count). The van der Waals surface area contributed by atoms with Crippen LogP contribution in [-0.4, -0.2) is 42.2 Å². The smallest absolute Gasteiger partial charge is 0.269 e. The van der Waals surface area contributed by atoms with Gasteiger partial charge in [0, 0.05) is 43.5 Å². The van der Waals surface area contributed by atoms with Crippen LogP contribution in [0, 0.1) is 10.1 Å². The molecule has 0 unspecified atom stereocenters. The Bertz CT molecular complexity index is 416. The highest BCUT2D eigenvalue weighted by Gasteiger charge is 2.18. The Hall–Kier alpha value is -1.69. The van der Waals surface area contributed by atoms with Crippen LogP contribution in [-0.2, 0) is 0 Å². The number of nitrogens with one attached hydrogen (secondary N) is 1. The van der Waals surface area contributed by atoms with Gasteiger partial charge in [-0.3, -0.25) is 10.1 Å². The zero-order valence-electron chi connectivity index (χ0n) is 10.7. The second kappa shape index (κ2) is 6.47. The van der Waals surface area contributed by atoms with E-state index in [4.69, 9.17) is 0 Å². The molecule has 1 N–H and O–H groups in total. The maximum atomic E-state index is 12.2. The van der Waals surface area contributed by atoms with E-state index < -0.39 is 4.92 Å². The highest BCUT2D eigenvalue weighted by molar-refractivity contribution is 5.49. The normalized spacial score (nSPS) is 17.3. The topological polar surface area (TPSA) is 58.4 Å². The van der Waals surface area contributed by atoms with Gasteiger partial charge in [-0.25, -0.2) is 4.39 Å². The molecule has 104 valence electrons. The van der Waals surface area contributed by atoms with Crippen molar-refractivity contribution in [3.8, 4) is 0 Å². The first kappa shape index (κ1) is 13.7. The van der Waals surface area contributed by atoms with Crippen LogP contribution in [0.15, 0.2) is 24.3 Å². The van der Waals surface area contributed by atoms with Gasteiger partial charge in [0.25, 0.3) is 5.69 Å². The third-order valence-electron chi connectivity index (χ3n) is 3.44. The molecular weight excluding hydrogens is 249 g/mol. The van der Waals surface area contributed by atoms with E-state index in [1.165, 1.54) is 12.1 Å². The predicted molar refractivity (Wildman–Crippen MR) is 72.2 cm³/mol. The minimum Gasteiger partial charge on any atom is -0.382 e. The second-order valence-electron chi connectivity index (χ2n) is 4.75. The van der Waals surface area contributed by atoms with Gasteiger partial charge in [0.15, 0.2) is 0 Å². The molecule has 0 aliphatic carbocycles. The predicted octanol–water partition coefficient (Wildman–Crippen LogP) is 2.44. The number of benzene rings is 1. The minimum absolute atomic E-state index is 0.100. The van der Waals surface area contributed by atoms with Crippen molar-refractivity contribution >= 4 is 11.4 Å². The lowest BCUT2D eigenvalue weighted by atomic mass is 10.0. The van der Waals surface area contributed by atoms with Crippen molar-refractivity contribution in [3.05, 3.63) is 34.4 Å². The zero-order valence-corrected chi connectivity index (χ0v) is 10.7. The Morgan fingerprint density at radius 2 is 1.95 bits per heavy atom. The van der Waals surface area contributed by atoms with Crippen molar-refractivity contribution in [2.75, 3.05) is 31.6 Å². The van der Waals surface area contributed by atoms with Crippen molar-refractivity contribution in [1.82, 2.24) is 4.90 Å². The molecule has 0 amide bonds. The van der Waals surface area contributed by atoms with Crippen LogP contribution in [0.5, 0.6) is 0 Å². The average molecular weight is 267 g/mol. The summed E-state index contributed by atoms with van der Waals surface area (Å²) in [7, 11) is 0. The molecule has 0 radical (unpaired) electrons. The third kappa shape index (κ3) is 3.89. The highest BCUT2D eigenvalue weighted by atomic mass is 19.1. The highest BCUT2D eigenvalue weighted by Crippen LogP contribution is 2.19. The van der Waals surface area contributed by atoms with Crippen molar-refractivity contribution in [1.29, 1.82) is 0 Å². The number of non-ortho nitro benzene ring substituents is 1. The summed E-state index contributed by atoms with van der Waals surface area (Å²) < 4.78 is 12.2. The molecule has 1 fully saturated rings. The number of piperidine rings is 1. The first-order valence-electron chi connectivity index (χ1n) is 6.48. The van der Waals surface area contributed by atoms with E-state index in [0.717, 1.165) is 31.6 Å². The van der Waals surface area contributed by atoms with E-state index in [9.17, 15) is 14.5 Å². The number of nitrogens with zero attached hydrogens (tertiary/aromatic N) is 2. The number of nitro benzene ring substituents is 1. The fourth-order valence-corrected chi connectivity index (χ4v) is 2.34. The molecule has 1 heterocycles. The minimum atomic E-state index is -0.404. The number of halogens is 1. The van der Waals surface area contributed by atoms with Crippen LogP contribution in [0.3, 0.4) is 0 Å². The summed E-state index contributed by atoms with van der Waals surface area (Å²) in [6, 6.07) is 6.82. The van der Waals surface area contributed by atoms with Crippen LogP contribution in [0.2, 0.25) is 0 Å². The maximum Gasteiger partial charge on any atom is 0.269 e. The first-order valence-corrected chi connectivity index (χ1v) is 6.48. The van der Waals surface area contributed by atoms with Crippen LogP contribution in [0.1, 0.15) is 12.8 Å². The molecule has 19 heavy (non-hydrogen) atoms. The fourth-order valence-electron chi connectivity index (χ4n) is 2.34. The lowest BCUT2D eigenvalue weighted by molar-refractivity contribution is -0.384. The molecule has 1 saturated heterocycles. The van der Waals surface area contributed by atoms with Gasteiger partial charge < -0.3 is 10.2 Å². The quantitative estimate of drug-likeness (QED) is 0.657. The van der Waals surface area contributed by atoms with Crippen LogP contribution < -0.4 is 5.32 Å². The Kier molecular flexibility index (Phi) is 4.68. The number of hydrogen-bond donors (Lipinski definition) is 1. The summed E-state index contributed by atoms with van der Waals surface area (Å²) in [6.07, 6.45) is 1.94. The average Bonchev–Trinajstić information content (AvgIpc) is 2.42. The standard InChI is InChI=1S/C13H18FN3O2/c14-7-10-16-8-5-12(6-9-16)15-11-1-3-13(4-2-11)17(18)19/h1-4,12,15H,5-10H2. The number of anilines is 1. The molecule has 0 aromatic heterocycles. The molecule has 1 aromatic carbocycles. The van der Waals surface area contributed by atoms with Crippen molar-refractivity contribution in [2.24, 2.45) is 0 Å². The van der Waals surface area contributed by atoms with Gasteiger partial charge in [-0.2, -0.15) is 0 Å². The number of hydrogen-bond acceptors (Lipinski definition) is 4. The maximum absolute atomic E-state index is 12.2. The van der Waals surface area contributed by atoms with E-state index in [1.54, 1.807) is 12.1 Å². The molecule has 0 bridgehead atoms. The Morgan fingerprint density at radius 1 is 1.32 bits per heavy atom. The molecule has 1 aliphatic heterocycles. The number of rotatable bonds is 5. The van der Waals surface area contributed by atoms with Gasteiger partial charge in [-0.15, -0.1) is 0 Å². The van der Waals surface area contributed by atoms with Crippen molar-refractivity contribution < 1.29 is 9.31 Å². The molecule has 0 saturated carbocycles.